The molecule has 31 heavy (non-hydrogen) atoms. The Balaban J connectivity index is 1.41. The fourth-order valence-corrected chi connectivity index (χ4v) is 4.88. The van der Waals surface area contributed by atoms with Gasteiger partial charge in [0.05, 0.1) is 5.92 Å². The van der Waals surface area contributed by atoms with Gasteiger partial charge in [0.1, 0.15) is 10.7 Å². The van der Waals surface area contributed by atoms with Gasteiger partial charge >= 0.3 is 5.97 Å². The van der Waals surface area contributed by atoms with Crippen molar-refractivity contribution in [2.45, 2.75) is 37.7 Å². The van der Waals surface area contributed by atoms with Gasteiger partial charge in [0.2, 0.25) is 0 Å². The van der Waals surface area contributed by atoms with Crippen molar-refractivity contribution in [2.24, 2.45) is 10.3 Å². The Labute approximate surface area is 179 Å². The van der Waals surface area contributed by atoms with E-state index in [0.29, 0.717) is 36.5 Å². The van der Waals surface area contributed by atoms with E-state index in [1.807, 2.05) is 0 Å². The number of rotatable bonds is 4. The van der Waals surface area contributed by atoms with Crippen LogP contribution in [0.15, 0.2) is 44.1 Å². The highest BCUT2D eigenvalue weighted by Crippen LogP contribution is 2.30. The second-order valence-electron chi connectivity index (χ2n) is 7.56. The SMILES string of the molecule is Cc1cc(NC(=O)[C@H](C)OC(=O)[C@@H]2CCCN(C3=NS(=O)(=O)c4ccccc43)C2)no1. The number of likely N-dealkylation sites (tertiary alicyclic amines) is 1. The lowest BCUT2D eigenvalue weighted by molar-refractivity contribution is -0.158. The second-order valence-corrected chi connectivity index (χ2v) is 9.13. The fourth-order valence-electron chi connectivity index (χ4n) is 3.66. The molecule has 2 aromatic rings. The molecule has 0 aliphatic carbocycles. The number of fused-ring (bicyclic) bond motifs is 1. The molecular formula is C20H22N4O6S. The van der Waals surface area contributed by atoms with Crippen LogP contribution in [0.3, 0.4) is 0 Å². The third kappa shape index (κ3) is 4.31. The van der Waals surface area contributed by atoms with Gasteiger partial charge in [0.25, 0.3) is 15.9 Å². The fraction of sp³-hybridized carbons (Fsp3) is 0.400. The Bertz CT molecular complexity index is 1160. The lowest BCUT2D eigenvalue weighted by atomic mass is 9.97. The van der Waals surface area contributed by atoms with Gasteiger partial charge in [0.15, 0.2) is 17.8 Å². The van der Waals surface area contributed by atoms with E-state index in [1.165, 1.54) is 13.0 Å². The predicted octanol–water partition coefficient (Wildman–Crippen LogP) is 1.71. The van der Waals surface area contributed by atoms with Gasteiger partial charge < -0.3 is 19.5 Å². The number of aryl methyl sites for hydroxylation is 1. The molecule has 0 bridgehead atoms. The van der Waals surface area contributed by atoms with Gasteiger partial charge in [-0.15, -0.1) is 4.40 Å². The number of benzene rings is 1. The average molecular weight is 446 g/mol. The lowest BCUT2D eigenvalue weighted by Crippen LogP contribution is -2.44. The van der Waals surface area contributed by atoms with Crippen LogP contribution in [0.2, 0.25) is 0 Å². The molecule has 4 rings (SSSR count). The largest absolute Gasteiger partial charge is 0.452 e. The van der Waals surface area contributed by atoms with Gasteiger partial charge in [-0.05, 0) is 38.8 Å². The molecular weight excluding hydrogens is 424 g/mol. The van der Waals surface area contributed by atoms with Crippen molar-refractivity contribution < 1.29 is 27.3 Å². The maximum atomic E-state index is 12.7. The number of nitrogens with one attached hydrogen (secondary N) is 1. The second kappa shape index (κ2) is 8.14. The number of piperidine rings is 1. The van der Waals surface area contributed by atoms with Crippen LogP contribution in [0.25, 0.3) is 0 Å². The zero-order valence-corrected chi connectivity index (χ0v) is 17.9. The monoisotopic (exact) mass is 446 g/mol. The van der Waals surface area contributed by atoms with E-state index in [9.17, 15) is 18.0 Å². The quantitative estimate of drug-likeness (QED) is 0.702. The summed E-state index contributed by atoms with van der Waals surface area (Å²) in [5.41, 5.74) is 0.534. The van der Waals surface area contributed by atoms with Crippen molar-refractivity contribution >= 4 is 33.6 Å². The Morgan fingerprint density at radius 3 is 2.84 bits per heavy atom. The molecule has 1 amide bonds. The van der Waals surface area contributed by atoms with Gasteiger partial charge in [-0.1, -0.05) is 17.3 Å². The van der Waals surface area contributed by atoms with E-state index in [0.717, 1.165) is 0 Å². The zero-order valence-electron chi connectivity index (χ0n) is 17.1. The molecule has 1 fully saturated rings. The normalized spacial score (nSPS) is 20.5. The molecule has 0 saturated carbocycles. The van der Waals surface area contributed by atoms with Gasteiger partial charge in [-0.2, -0.15) is 8.42 Å². The number of nitrogens with zero attached hydrogens (tertiary/aromatic N) is 3. The lowest BCUT2D eigenvalue weighted by Gasteiger charge is -2.33. The number of anilines is 1. The number of hydrogen-bond donors (Lipinski definition) is 1. The van der Waals surface area contributed by atoms with Crippen molar-refractivity contribution in [3.8, 4) is 0 Å². The van der Waals surface area contributed by atoms with Crippen LogP contribution < -0.4 is 5.32 Å². The number of hydrogen-bond acceptors (Lipinski definition) is 8. The maximum Gasteiger partial charge on any atom is 0.311 e. The first-order valence-electron chi connectivity index (χ1n) is 9.88. The minimum atomic E-state index is -3.74. The van der Waals surface area contributed by atoms with E-state index in [1.54, 1.807) is 36.1 Å². The van der Waals surface area contributed by atoms with E-state index in [2.05, 4.69) is 14.9 Å². The van der Waals surface area contributed by atoms with Crippen molar-refractivity contribution in [3.63, 3.8) is 0 Å². The molecule has 1 aromatic heterocycles. The summed E-state index contributed by atoms with van der Waals surface area (Å²) in [6.45, 7) is 4.01. The Morgan fingerprint density at radius 1 is 1.32 bits per heavy atom. The average Bonchev–Trinajstić information content (AvgIpc) is 3.28. The van der Waals surface area contributed by atoms with Gasteiger partial charge in [-0.25, -0.2) is 0 Å². The summed E-state index contributed by atoms with van der Waals surface area (Å²) in [6.07, 6.45) is 0.220. The summed E-state index contributed by atoms with van der Waals surface area (Å²) in [6, 6.07) is 8.19. The molecule has 2 atom stereocenters. The van der Waals surface area contributed by atoms with Crippen LogP contribution in [0.4, 0.5) is 5.82 Å². The van der Waals surface area contributed by atoms with E-state index >= 15 is 0 Å². The van der Waals surface area contributed by atoms with E-state index in [4.69, 9.17) is 9.26 Å². The summed E-state index contributed by atoms with van der Waals surface area (Å²) >= 11 is 0. The smallest absolute Gasteiger partial charge is 0.311 e. The van der Waals surface area contributed by atoms with Crippen molar-refractivity contribution in [1.29, 1.82) is 0 Å². The number of amidine groups is 1. The van der Waals surface area contributed by atoms with Crippen LogP contribution >= 0.6 is 0 Å². The first-order valence-corrected chi connectivity index (χ1v) is 11.3. The molecule has 10 nitrogen and oxygen atoms in total. The van der Waals surface area contributed by atoms with E-state index < -0.39 is 33.9 Å². The van der Waals surface area contributed by atoms with Crippen molar-refractivity contribution in [2.75, 3.05) is 18.4 Å². The third-order valence-corrected chi connectivity index (χ3v) is 6.53. The van der Waals surface area contributed by atoms with E-state index in [-0.39, 0.29) is 17.3 Å². The van der Waals surface area contributed by atoms with Crippen molar-refractivity contribution in [1.82, 2.24) is 10.1 Å². The molecule has 0 radical (unpaired) electrons. The molecule has 2 aliphatic heterocycles. The number of carbonyl (C=O) groups is 2. The first kappa shape index (κ1) is 21.0. The number of carbonyl (C=O) groups excluding carboxylic acids is 2. The van der Waals surface area contributed by atoms with Crippen molar-refractivity contribution in [3.05, 3.63) is 41.7 Å². The standard InChI is InChI=1S/C20H22N4O6S/c1-12-10-17(22-30-12)21-19(25)13(2)29-20(26)14-6-5-9-24(11-14)18-15-7-3-4-8-16(15)31(27,28)23-18/h3-4,7-8,10,13-14H,5-6,9,11H2,1-2H3,(H,21,22,25)/t13-,14+/m0/s1. The summed E-state index contributed by atoms with van der Waals surface area (Å²) < 4.78 is 38.8. The van der Waals surface area contributed by atoms with Gasteiger partial charge in [-0.3, -0.25) is 9.59 Å². The summed E-state index contributed by atoms with van der Waals surface area (Å²) in [5, 5.41) is 6.20. The number of amides is 1. The maximum absolute atomic E-state index is 12.7. The number of esters is 1. The zero-order chi connectivity index (χ0) is 22.2. The Morgan fingerprint density at radius 2 is 2.10 bits per heavy atom. The van der Waals surface area contributed by atoms with Crippen LogP contribution in [0, 0.1) is 12.8 Å². The van der Waals surface area contributed by atoms with Gasteiger partial charge in [0, 0.05) is 24.7 Å². The highest BCUT2D eigenvalue weighted by atomic mass is 32.2. The molecule has 1 saturated heterocycles. The summed E-state index contributed by atoms with van der Waals surface area (Å²) in [4.78, 5) is 26.9. The highest BCUT2D eigenvalue weighted by molar-refractivity contribution is 7.90. The summed E-state index contributed by atoms with van der Waals surface area (Å²) in [5.74, 6) is -0.404. The Kier molecular flexibility index (Phi) is 5.52. The Hall–Kier alpha value is -3.21. The molecule has 3 heterocycles. The van der Waals surface area contributed by atoms with Crippen LogP contribution in [-0.2, 0) is 24.3 Å². The number of aromatic nitrogens is 1. The predicted molar refractivity (Wildman–Crippen MR) is 110 cm³/mol. The van der Waals surface area contributed by atoms with Crippen LogP contribution in [0.5, 0.6) is 0 Å². The summed E-state index contributed by atoms with van der Waals surface area (Å²) in [7, 11) is -3.74. The molecule has 0 spiro atoms. The first-order chi connectivity index (χ1) is 14.7. The highest BCUT2D eigenvalue weighted by Gasteiger charge is 2.36. The molecule has 11 heteroatoms. The topological polar surface area (TPSA) is 131 Å². The molecule has 0 unspecified atom stereocenters. The van der Waals surface area contributed by atoms with Crippen LogP contribution in [-0.4, -0.2) is 55.4 Å². The number of ether oxygens (including phenoxy) is 1. The molecule has 1 N–H and O–H groups in total. The third-order valence-electron chi connectivity index (χ3n) is 5.21. The molecule has 1 aromatic carbocycles. The number of sulfonamides is 1. The van der Waals surface area contributed by atoms with Crippen LogP contribution in [0.1, 0.15) is 31.1 Å². The molecule has 164 valence electrons. The molecule has 2 aliphatic rings. The minimum Gasteiger partial charge on any atom is -0.452 e. The minimum absolute atomic E-state index is 0.170.